The lowest BCUT2D eigenvalue weighted by Crippen LogP contribution is -2.55. The van der Waals surface area contributed by atoms with E-state index in [2.05, 4.69) is 21.3 Å². The number of primary amides is 1. The second kappa shape index (κ2) is 16.9. The summed E-state index contributed by atoms with van der Waals surface area (Å²) in [6, 6.07) is 7.86. The van der Waals surface area contributed by atoms with E-state index in [1.807, 2.05) is 13.8 Å². The number of aryl methyl sites for hydroxylation is 2. The van der Waals surface area contributed by atoms with Crippen molar-refractivity contribution in [2.45, 2.75) is 78.0 Å². The first kappa shape index (κ1) is 36.4. The lowest BCUT2D eigenvalue weighted by Gasteiger charge is -2.23. The molecule has 5 amide bonds. The van der Waals surface area contributed by atoms with Gasteiger partial charge in [0, 0.05) is 12.0 Å². The summed E-state index contributed by atoms with van der Waals surface area (Å²) in [5, 5.41) is 19.6. The molecule has 0 fully saturated rings. The first-order valence-electron chi connectivity index (χ1n) is 14.7. The number of nitrogens with two attached hydrogens (primary N) is 2. The molecule has 0 saturated carbocycles. The van der Waals surface area contributed by atoms with E-state index in [1.54, 1.807) is 56.3 Å². The van der Waals surface area contributed by atoms with Gasteiger partial charge in [-0.05, 0) is 73.9 Å². The van der Waals surface area contributed by atoms with Gasteiger partial charge in [-0.3, -0.25) is 24.0 Å². The summed E-state index contributed by atoms with van der Waals surface area (Å²) in [5.74, 6) is -4.34. The molecule has 0 radical (unpaired) electrons. The number of hydrogen-bond acceptors (Lipinski definition) is 7. The van der Waals surface area contributed by atoms with Crippen molar-refractivity contribution < 1.29 is 33.9 Å². The summed E-state index contributed by atoms with van der Waals surface area (Å²) in [5.41, 5.74) is 14.8. The molecule has 0 saturated heterocycles. The SMILES string of the molecule is Cc1cc(C(N)=O)cc(C)c1C[C@H](N)C(=O)N[C@@H](C)C(=O)NCC(=O)N[C@@H](Cc1ccccc1)C(=O)N[C@@H](CC(C)C)C(=O)O. The Labute approximate surface area is 262 Å². The highest BCUT2D eigenvalue weighted by Crippen LogP contribution is 2.18. The number of carbonyl (C=O) groups excluding carboxylic acids is 5. The number of aliphatic carboxylic acids is 1. The van der Waals surface area contributed by atoms with Crippen LogP contribution in [0, 0.1) is 19.8 Å². The number of nitrogens with one attached hydrogen (secondary N) is 4. The van der Waals surface area contributed by atoms with Gasteiger partial charge < -0.3 is 37.8 Å². The van der Waals surface area contributed by atoms with Gasteiger partial charge in [0.25, 0.3) is 0 Å². The van der Waals surface area contributed by atoms with E-state index in [9.17, 15) is 33.9 Å². The molecule has 0 unspecified atom stereocenters. The molecule has 0 spiro atoms. The smallest absolute Gasteiger partial charge is 0.326 e. The molecule has 13 heteroatoms. The van der Waals surface area contributed by atoms with Crippen molar-refractivity contribution in [3.05, 3.63) is 70.3 Å². The van der Waals surface area contributed by atoms with Crippen LogP contribution in [-0.4, -0.2) is 71.3 Å². The van der Waals surface area contributed by atoms with Crippen molar-refractivity contribution >= 4 is 35.5 Å². The molecular weight excluding hydrogens is 580 g/mol. The third-order valence-corrected chi connectivity index (χ3v) is 7.17. The Bertz CT molecular complexity index is 1370. The number of amides is 5. The molecule has 0 aliphatic carbocycles. The van der Waals surface area contributed by atoms with E-state index >= 15 is 0 Å². The first-order chi connectivity index (χ1) is 21.1. The molecule has 2 aromatic rings. The molecule has 2 rings (SSSR count). The van der Waals surface area contributed by atoms with Gasteiger partial charge in [0.1, 0.15) is 18.1 Å². The predicted octanol–water partition coefficient (Wildman–Crippen LogP) is 0.236. The van der Waals surface area contributed by atoms with Gasteiger partial charge >= 0.3 is 5.97 Å². The second-order valence-corrected chi connectivity index (χ2v) is 11.6. The maximum absolute atomic E-state index is 13.1. The zero-order valence-corrected chi connectivity index (χ0v) is 26.3. The Hall–Kier alpha value is -4.78. The Balaban J connectivity index is 1.98. The number of carboxylic acid groups (broad SMARTS) is 1. The number of carboxylic acids is 1. The van der Waals surface area contributed by atoms with Crippen LogP contribution in [0.3, 0.4) is 0 Å². The summed E-state index contributed by atoms with van der Waals surface area (Å²) < 4.78 is 0. The fraction of sp³-hybridized carbons (Fsp3) is 0.438. The van der Waals surface area contributed by atoms with Crippen molar-refractivity contribution in [2.24, 2.45) is 17.4 Å². The minimum absolute atomic E-state index is 0.00358. The summed E-state index contributed by atoms with van der Waals surface area (Å²) in [6.07, 6.45) is 0.455. The lowest BCUT2D eigenvalue weighted by atomic mass is 9.94. The zero-order valence-electron chi connectivity index (χ0n) is 26.3. The molecule has 13 nitrogen and oxygen atoms in total. The van der Waals surface area contributed by atoms with Crippen LogP contribution < -0.4 is 32.7 Å². The molecule has 2 aromatic carbocycles. The number of rotatable bonds is 16. The van der Waals surface area contributed by atoms with Gasteiger partial charge in [0.05, 0.1) is 12.6 Å². The molecule has 244 valence electrons. The van der Waals surface area contributed by atoms with Crippen molar-refractivity contribution in [2.75, 3.05) is 6.54 Å². The maximum atomic E-state index is 13.1. The molecule has 0 heterocycles. The van der Waals surface area contributed by atoms with Crippen molar-refractivity contribution in [3.63, 3.8) is 0 Å². The third-order valence-electron chi connectivity index (χ3n) is 7.17. The molecule has 9 N–H and O–H groups in total. The minimum atomic E-state index is -1.18. The molecule has 4 atom stereocenters. The second-order valence-electron chi connectivity index (χ2n) is 11.6. The van der Waals surface area contributed by atoms with Gasteiger partial charge in [-0.2, -0.15) is 0 Å². The molecular formula is C32H44N6O7. The van der Waals surface area contributed by atoms with Gasteiger partial charge in [0.15, 0.2) is 0 Å². The minimum Gasteiger partial charge on any atom is -0.480 e. The topological polar surface area (TPSA) is 223 Å². The fourth-order valence-electron chi connectivity index (χ4n) is 4.75. The van der Waals surface area contributed by atoms with Gasteiger partial charge in [-0.1, -0.05) is 44.2 Å². The first-order valence-corrected chi connectivity index (χ1v) is 14.7. The monoisotopic (exact) mass is 624 g/mol. The quantitative estimate of drug-likeness (QED) is 0.137. The van der Waals surface area contributed by atoms with Crippen LogP contribution in [-0.2, 0) is 36.8 Å². The van der Waals surface area contributed by atoms with Crippen LogP contribution >= 0.6 is 0 Å². The van der Waals surface area contributed by atoms with E-state index in [0.717, 1.165) is 22.3 Å². The highest BCUT2D eigenvalue weighted by Gasteiger charge is 2.28. The Kier molecular flexibility index (Phi) is 13.7. The summed E-state index contributed by atoms with van der Waals surface area (Å²) in [7, 11) is 0. The van der Waals surface area contributed by atoms with Crippen LogP contribution in [0.25, 0.3) is 0 Å². The van der Waals surface area contributed by atoms with Crippen molar-refractivity contribution in [3.8, 4) is 0 Å². The third kappa shape index (κ3) is 11.7. The molecule has 45 heavy (non-hydrogen) atoms. The van der Waals surface area contributed by atoms with Crippen LogP contribution in [0.4, 0.5) is 0 Å². The van der Waals surface area contributed by atoms with Crippen LogP contribution in [0.1, 0.15) is 59.8 Å². The normalized spacial score (nSPS) is 13.6. The lowest BCUT2D eigenvalue weighted by molar-refractivity contribution is -0.142. The molecule has 0 aromatic heterocycles. The number of benzene rings is 2. The number of hydrogen-bond donors (Lipinski definition) is 7. The number of carbonyl (C=O) groups is 6. The maximum Gasteiger partial charge on any atom is 0.326 e. The summed E-state index contributed by atoms with van der Waals surface area (Å²) in [6.45, 7) is 8.16. The zero-order chi connectivity index (χ0) is 33.8. The summed E-state index contributed by atoms with van der Waals surface area (Å²) >= 11 is 0. The predicted molar refractivity (Wildman–Crippen MR) is 168 cm³/mol. The Morgan fingerprint density at radius 1 is 0.800 bits per heavy atom. The largest absolute Gasteiger partial charge is 0.480 e. The van der Waals surface area contributed by atoms with Crippen molar-refractivity contribution in [1.29, 1.82) is 0 Å². The van der Waals surface area contributed by atoms with Crippen LogP contribution in [0.15, 0.2) is 42.5 Å². The van der Waals surface area contributed by atoms with E-state index in [4.69, 9.17) is 11.5 Å². The Morgan fingerprint density at radius 2 is 1.40 bits per heavy atom. The molecule has 0 bridgehead atoms. The van der Waals surface area contributed by atoms with Crippen molar-refractivity contribution in [1.82, 2.24) is 21.3 Å². The highest BCUT2D eigenvalue weighted by molar-refractivity contribution is 5.94. The molecule has 0 aliphatic rings. The van der Waals surface area contributed by atoms with E-state index in [-0.39, 0.29) is 25.2 Å². The standard InChI is InChI=1S/C32H44N6O7/c1-17(2)11-26(32(44)45)38-31(43)25(14-21-9-7-6-8-10-21)37-27(39)16-35-29(41)20(5)36-30(42)24(33)15-23-18(3)12-22(28(34)40)13-19(23)4/h6-10,12-13,17,20,24-26H,11,14-16,33H2,1-5H3,(H2,34,40)(H,35,41)(H,36,42)(H,37,39)(H,38,43)(H,44,45)/t20-,24-,25-,26-/m0/s1. The highest BCUT2D eigenvalue weighted by atomic mass is 16.4. The van der Waals surface area contributed by atoms with E-state index in [1.165, 1.54) is 6.92 Å². The molecule has 0 aliphatic heterocycles. The fourth-order valence-corrected chi connectivity index (χ4v) is 4.75. The van der Waals surface area contributed by atoms with E-state index in [0.29, 0.717) is 5.56 Å². The van der Waals surface area contributed by atoms with Crippen LogP contribution in [0.2, 0.25) is 0 Å². The summed E-state index contributed by atoms with van der Waals surface area (Å²) in [4.78, 5) is 74.5. The average Bonchev–Trinajstić information content (AvgIpc) is 2.96. The van der Waals surface area contributed by atoms with Gasteiger partial charge in [0.2, 0.25) is 29.5 Å². The Morgan fingerprint density at radius 3 is 1.93 bits per heavy atom. The van der Waals surface area contributed by atoms with Crippen LogP contribution in [0.5, 0.6) is 0 Å². The van der Waals surface area contributed by atoms with Gasteiger partial charge in [-0.15, -0.1) is 0 Å². The van der Waals surface area contributed by atoms with Gasteiger partial charge in [-0.25, -0.2) is 4.79 Å². The van der Waals surface area contributed by atoms with E-state index < -0.39 is 66.2 Å². The average molecular weight is 625 g/mol.